The van der Waals surface area contributed by atoms with Crippen molar-refractivity contribution in [1.29, 1.82) is 0 Å². The summed E-state index contributed by atoms with van der Waals surface area (Å²) < 4.78 is 301. The Kier molecular flexibility index (Phi) is 26.7. The summed E-state index contributed by atoms with van der Waals surface area (Å²) in [5.41, 5.74) is 0. The van der Waals surface area contributed by atoms with Gasteiger partial charge in [0.1, 0.15) is 0 Å². The van der Waals surface area contributed by atoms with Gasteiger partial charge in [-0.15, -0.1) is 0 Å². The second-order valence-corrected chi connectivity index (χ2v) is 38.2. The summed E-state index contributed by atoms with van der Waals surface area (Å²) in [7, 11) is -46.2. The molecule has 1 radical (unpaired) electrons. The molecule has 9 rings (SSSR count). The third-order valence-corrected chi connectivity index (χ3v) is 27.2. The summed E-state index contributed by atoms with van der Waals surface area (Å²) in [6, 6.07) is 47.2. The Hall–Kier alpha value is -6.18. The normalized spacial score (nSPS) is 12.4. The molecule has 511 valence electrons. The fourth-order valence-electron chi connectivity index (χ4n) is 8.39. The summed E-state index contributed by atoms with van der Waals surface area (Å²) >= 11 is 0. The van der Waals surface area contributed by atoms with Crippen molar-refractivity contribution in [1.82, 2.24) is 0 Å². The maximum Gasteiger partial charge on any atom is 0 e. The zero-order valence-electron chi connectivity index (χ0n) is 47.4. The fourth-order valence-corrected chi connectivity index (χ4v) is 21.1. The van der Waals surface area contributed by atoms with Crippen LogP contribution < -0.4 is 47.7 Å². The van der Waals surface area contributed by atoms with Crippen LogP contribution in [0.25, 0.3) is 0 Å². The van der Waals surface area contributed by atoms with Gasteiger partial charge >= 0.3 is 11.3 Å². The minimum atomic E-state index is -4.55. The van der Waals surface area contributed by atoms with Gasteiger partial charge in [-0.3, -0.25) is 41.0 Å². The summed E-state index contributed by atoms with van der Waals surface area (Å²) in [4.78, 5) is -3.67. The minimum Gasteiger partial charge on any atom is 0 e. The molecule has 9 aromatic rings. The van der Waals surface area contributed by atoms with Crippen molar-refractivity contribution in [2.24, 2.45) is 0 Å². The van der Waals surface area contributed by atoms with Gasteiger partial charge in [-0.2, -0.15) is 75.8 Å². The van der Waals surface area contributed by atoms with Crippen LogP contribution in [-0.4, -0.2) is 117 Å². The molecule has 0 aromatic heterocycles. The first kappa shape index (κ1) is 80.5. The molecule has 41 heteroatoms. The molecule has 0 aliphatic rings. The van der Waals surface area contributed by atoms with Crippen molar-refractivity contribution >= 4 is 163 Å². The predicted molar refractivity (Wildman–Crippen MR) is 348 cm³/mol. The molecule has 0 spiro atoms. The predicted octanol–water partition coefficient (Wildman–Crippen LogP) is 3.51. The molecule has 96 heavy (non-hydrogen) atoms. The van der Waals surface area contributed by atoms with Gasteiger partial charge in [0.05, 0.1) is 44.1 Å². The molecule has 0 amide bonds. The van der Waals surface area contributed by atoms with E-state index in [0.717, 1.165) is 54.6 Å². The van der Waals surface area contributed by atoms with Crippen molar-refractivity contribution in [3.63, 3.8) is 0 Å². The third kappa shape index (κ3) is 21.9. The van der Waals surface area contributed by atoms with Crippen LogP contribution in [0.1, 0.15) is 0 Å². The van der Waals surface area contributed by atoms with Crippen molar-refractivity contribution in [3.05, 3.63) is 225 Å². The van der Waals surface area contributed by atoms with E-state index < -0.39 is 159 Å². The molecule has 0 bridgehead atoms. The van der Waals surface area contributed by atoms with Gasteiger partial charge in [-0.25, -0.2) is 0 Å². The molecule has 0 heterocycles. The van der Waals surface area contributed by atoms with Crippen LogP contribution in [0.2, 0.25) is 0 Å². The van der Waals surface area contributed by atoms with Crippen LogP contribution >= 0.6 is 23.8 Å². The molecule has 9 aromatic carbocycles. The Bertz CT molecular complexity index is 4460. The van der Waals surface area contributed by atoms with Gasteiger partial charge in [-0.1, -0.05) is 109 Å². The van der Waals surface area contributed by atoms with Gasteiger partial charge in [0.15, 0.2) is 0 Å². The third-order valence-electron chi connectivity index (χ3n) is 12.4. The monoisotopic (exact) mass is 1640 g/mol. The Balaban J connectivity index is 0.000000256. The summed E-state index contributed by atoms with van der Waals surface area (Å²) in [6.07, 6.45) is 0. The van der Waals surface area contributed by atoms with Crippen LogP contribution in [0.3, 0.4) is 0 Å². The molecular formula is C55H45O28P3RhS9. The summed E-state index contributed by atoms with van der Waals surface area (Å²) in [5.74, 6) is 0. The van der Waals surface area contributed by atoms with E-state index in [1.165, 1.54) is 164 Å². The smallest absolute Gasteiger partial charge is 0 e. The van der Waals surface area contributed by atoms with E-state index in [0.29, 0.717) is 47.7 Å². The van der Waals surface area contributed by atoms with E-state index in [1.807, 2.05) is 0 Å². The minimum absolute atomic E-state index is 0. The topological polar surface area (TPSA) is 509 Å². The maximum absolute atomic E-state index is 11.6. The van der Waals surface area contributed by atoms with Crippen molar-refractivity contribution in [2.45, 2.75) is 44.1 Å². The molecule has 0 unspecified atom stereocenters. The number of hydrogen-bond acceptors (Lipinski definition) is 18. The molecular weight excluding hydrogens is 1590 g/mol. The van der Waals surface area contributed by atoms with Gasteiger partial charge in [0.25, 0.3) is 91.1 Å². The molecule has 0 atom stereocenters. The number of rotatable bonds is 18. The number of benzene rings is 9. The van der Waals surface area contributed by atoms with E-state index in [2.05, 4.69) is 6.65 Å². The zero-order chi connectivity index (χ0) is 71.1. The van der Waals surface area contributed by atoms with E-state index in [9.17, 15) is 117 Å². The Morgan fingerprint density at radius 1 is 0.198 bits per heavy atom. The Morgan fingerprint density at radius 3 is 0.354 bits per heavy atom. The standard InChI is InChI=1S/3C18H15O9PS3.CO.Rh/c3*19-29(20,21)16-7-1-4-13(10-16)28(14-5-2-8-17(11-14)30(22,23)24)15-6-3-9-18(12-15)31(25,26)27;1-2;/h3*1-12H,(H,19,20,21)(H,22,23,24)(H,25,26,27);;. The molecule has 0 aliphatic carbocycles. The zero-order valence-corrected chi connectivity index (χ0v) is 59.1. The Labute approximate surface area is 567 Å². The second kappa shape index (κ2) is 31.8. The van der Waals surface area contributed by atoms with Crippen LogP contribution in [0.5, 0.6) is 0 Å². The first-order valence-corrected chi connectivity index (χ1v) is 42.1. The van der Waals surface area contributed by atoms with Crippen LogP contribution in [0, 0.1) is 6.65 Å². The SMILES string of the molecule is O=S(=O)(O)c1cccc(P(c2cccc(S(=O)(=O)O)c2)c2cccc(S(=O)(=O)O)c2)c1.O=S(=O)(O)c1cccc(P(c2cccc(S(=O)(=O)O)c2)c2cccc(S(=O)(=O)O)c2)c1.O=S(=O)(O)c1cccc(P(c2cccc(S(=O)(=O)O)c2)c2cccc(S(=O)(=O)O)c2)c1.[C-]#[O+].[Rh]. The average Bonchev–Trinajstić information content (AvgIpc) is 0.795. The quantitative estimate of drug-likeness (QED) is 0.0195. The molecule has 0 fully saturated rings. The van der Waals surface area contributed by atoms with Crippen LogP contribution in [0.4, 0.5) is 0 Å². The van der Waals surface area contributed by atoms with E-state index >= 15 is 0 Å². The van der Waals surface area contributed by atoms with E-state index in [1.54, 1.807) is 0 Å². The van der Waals surface area contributed by atoms with E-state index in [4.69, 9.17) is 4.65 Å². The molecule has 28 nitrogen and oxygen atoms in total. The van der Waals surface area contributed by atoms with E-state index in [-0.39, 0.29) is 19.5 Å². The van der Waals surface area contributed by atoms with Gasteiger partial charge < -0.3 is 0 Å². The molecule has 0 aliphatic heterocycles. The number of hydrogen-bond donors (Lipinski definition) is 9. The molecule has 0 saturated carbocycles. The van der Waals surface area contributed by atoms with Crippen molar-refractivity contribution < 1.29 is 141 Å². The second-order valence-electron chi connectivity index (χ2n) is 18.8. The van der Waals surface area contributed by atoms with Crippen molar-refractivity contribution in [3.8, 4) is 0 Å². The molecule has 9 N–H and O–H groups in total. The maximum atomic E-state index is 11.6. The van der Waals surface area contributed by atoms with Gasteiger partial charge in [-0.05, 0) is 181 Å². The largest absolute Gasteiger partial charge is 0 e. The van der Waals surface area contributed by atoms with Crippen LogP contribution in [0.15, 0.2) is 262 Å². The first-order valence-electron chi connectivity index (χ1n) is 25.1. The fraction of sp³-hybridized carbons (Fsp3) is 0. The summed E-state index contributed by atoms with van der Waals surface area (Å²) in [5, 5.41) is 3.04. The van der Waals surface area contributed by atoms with Crippen LogP contribution in [-0.2, 0) is 115 Å². The molecule has 0 saturated heterocycles. The van der Waals surface area contributed by atoms with Crippen molar-refractivity contribution in [2.75, 3.05) is 0 Å². The first-order chi connectivity index (χ1) is 43.8. The summed E-state index contributed by atoms with van der Waals surface area (Å²) in [6.45, 7) is 4.50. The average molecular weight is 1640 g/mol. The van der Waals surface area contributed by atoms with Gasteiger partial charge in [0, 0.05) is 19.5 Å². The van der Waals surface area contributed by atoms with Gasteiger partial charge in [0.2, 0.25) is 0 Å². The Morgan fingerprint density at radius 2 is 0.281 bits per heavy atom.